The Balaban J connectivity index is 2.54. The first kappa shape index (κ1) is 10.8. The molecule has 1 aromatic heterocycles. The van der Waals surface area contributed by atoms with E-state index >= 15 is 0 Å². The van der Waals surface area contributed by atoms with Crippen LogP contribution in [0, 0.1) is 6.92 Å². The van der Waals surface area contributed by atoms with Crippen molar-refractivity contribution in [3.8, 4) is 5.75 Å². The zero-order valence-electron chi connectivity index (χ0n) is 8.41. The number of hydrogen-bond acceptors (Lipinski definition) is 4. The third kappa shape index (κ3) is 2.88. The Kier molecular flexibility index (Phi) is 4.19. The molecule has 0 unspecified atom stereocenters. The van der Waals surface area contributed by atoms with Gasteiger partial charge in [-0.1, -0.05) is 0 Å². The van der Waals surface area contributed by atoms with Gasteiger partial charge in [0.2, 0.25) is 11.2 Å². The molecule has 14 heavy (non-hydrogen) atoms. The van der Waals surface area contributed by atoms with Crippen molar-refractivity contribution in [2.75, 3.05) is 20.3 Å². The largest absolute Gasteiger partial charge is 0.486 e. The molecule has 0 aliphatic carbocycles. The first-order valence-electron chi connectivity index (χ1n) is 4.46. The second kappa shape index (κ2) is 5.44. The fourth-order valence-corrected chi connectivity index (χ4v) is 1.05. The summed E-state index contributed by atoms with van der Waals surface area (Å²) in [5.41, 5.74) is -0.147. The summed E-state index contributed by atoms with van der Waals surface area (Å²) in [5.74, 6) is 0.804. The van der Waals surface area contributed by atoms with Crippen molar-refractivity contribution in [3.05, 3.63) is 28.3 Å². The summed E-state index contributed by atoms with van der Waals surface area (Å²) >= 11 is 0. The molecule has 0 aliphatic rings. The predicted octanol–water partition coefficient (Wildman–Crippen LogP) is 1.36. The van der Waals surface area contributed by atoms with Crippen molar-refractivity contribution in [3.63, 3.8) is 0 Å². The van der Waals surface area contributed by atoms with Gasteiger partial charge in [-0.3, -0.25) is 4.79 Å². The van der Waals surface area contributed by atoms with E-state index in [0.717, 1.165) is 6.42 Å². The molecular formula is C10H14O4. The van der Waals surface area contributed by atoms with Crippen LogP contribution < -0.4 is 10.2 Å². The minimum Gasteiger partial charge on any atom is -0.486 e. The Bertz CT molecular complexity index is 329. The Morgan fingerprint density at radius 3 is 2.86 bits per heavy atom. The topological polar surface area (TPSA) is 48.7 Å². The molecule has 1 aromatic rings. The SMILES string of the molecule is COCCCOc1c(C)occc1=O. The molecule has 0 N–H and O–H groups in total. The molecule has 0 saturated heterocycles. The first-order valence-corrected chi connectivity index (χ1v) is 4.46. The molecule has 0 aromatic carbocycles. The number of aryl methyl sites for hydroxylation is 1. The van der Waals surface area contributed by atoms with E-state index in [0.29, 0.717) is 24.7 Å². The standard InChI is InChI=1S/C10H14O4/c1-8-10(9(11)4-7-13-8)14-6-3-5-12-2/h4,7H,3,5-6H2,1-2H3. The Labute approximate surface area is 82.4 Å². The molecule has 4 heteroatoms. The molecule has 1 heterocycles. The van der Waals surface area contributed by atoms with Gasteiger partial charge in [-0.15, -0.1) is 0 Å². The lowest BCUT2D eigenvalue weighted by molar-refractivity contribution is 0.170. The molecule has 78 valence electrons. The second-order valence-corrected chi connectivity index (χ2v) is 2.86. The quantitative estimate of drug-likeness (QED) is 0.670. The van der Waals surface area contributed by atoms with Gasteiger partial charge in [-0.2, -0.15) is 0 Å². The lowest BCUT2D eigenvalue weighted by atomic mass is 10.3. The Morgan fingerprint density at radius 1 is 1.43 bits per heavy atom. The normalized spacial score (nSPS) is 10.1. The van der Waals surface area contributed by atoms with Crippen molar-refractivity contribution in [1.29, 1.82) is 0 Å². The fraction of sp³-hybridized carbons (Fsp3) is 0.500. The van der Waals surface area contributed by atoms with Crippen molar-refractivity contribution in [2.24, 2.45) is 0 Å². The van der Waals surface area contributed by atoms with Gasteiger partial charge >= 0.3 is 0 Å². The highest BCUT2D eigenvalue weighted by atomic mass is 16.5. The van der Waals surface area contributed by atoms with E-state index in [2.05, 4.69) is 0 Å². The molecule has 0 fully saturated rings. The molecule has 0 atom stereocenters. The molecule has 0 bridgehead atoms. The lowest BCUT2D eigenvalue weighted by Crippen LogP contribution is -2.10. The van der Waals surface area contributed by atoms with Crippen LogP contribution in [0.3, 0.4) is 0 Å². The van der Waals surface area contributed by atoms with E-state index < -0.39 is 0 Å². The molecule has 0 spiro atoms. The van der Waals surface area contributed by atoms with Crippen LogP contribution in [0.5, 0.6) is 5.75 Å². The van der Waals surface area contributed by atoms with Gasteiger partial charge in [0, 0.05) is 26.2 Å². The van der Waals surface area contributed by atoms with Crippen LogP contribution in [0.15, 0.2) is 21.5 Å². The molecule has 0 amide bonds. The van der Waals surface area contributed by atoms with E-state index in [1.807, 2.05) is 0 Å². The minimum absolute atomic E-state index is 0.147. The molecule has 0 aliphatic heterocycles. The summed E-state index contributed by atoms with van der Waals surface area (Å²) < 4.78 is 15.2. The second-order valence-electron chi connectivity index (χ2n) is 2.86. The maximum Gasteiger partial charge on any atom is 0.226 e. The number of ether oxygens (including phenoxy) is 2. The fourth-order valence-electron chi connectivity index (χ4n) is 1.05. The van der Waals surface area contributed by atoms with Crippen molar-refractivity contribution >= 4 is 0 Å². The van der Waals surface area contributed by atoms with Crippen LogP contribution in [0.4, 0.5) is 0 Å². The van der Waals surface area contributed by atoms with E-state index in [9.17, 15) is 4.79 Å². The monoisotopic (exact) mass is 198 g/mol. The third-order valence-corrected chi connectivity index (χ3v) is 1.75. The number of rotatable bonds is 5. The summed E-state index contributed by atoms with van der Waals surface area (Å²) in [5, 5.41) is 0. The number of methoxy groups -OCH3 is 1. The maximum absolute atomic E-state index is 11.3. The van der Waals surface area contributed by atoms with Crippen molar-refractivity contribution in [1.82, 2.24) is 0 Å². The van der Waals surface area contributed by atoms with Gasteiger partial charge in [0.05, 0.1) is 12.9 Å². The minimum atomic E-state index is -0.147. The average molecular weight is 198 g/mol. The highest BCUT2D eigenvalue weighted by Crippen LogP contribution is 2.10. The van der Waals surface area contributed by atoms with Gasteiger partial charge in [-0.05, 0) is 6.92 Å². The van der Waals surface area contributed by atoms with Crippen LogP contribution >= 0.6 is 0 Å². The zero-order valence-corrected chi connectivity index (χ0v) is 8.41. The van der Waals surface area contributed by atoms with Gasteiger partial charge in [0.25, 0.3) is 0 Å². The molecular weight excluding hydrogens is 184 g/mol. The lowest BCUT2D eigenvalue weighted by Gasteiger charge is -2.05. The molecule has 0 saturated carbocycles. The molecule has 1 rings (SSSR count). The van der Waals surface area contributed by atoms with Gasteiger partial charge in [0.15, 0.2) is 0 Å². The van der Waals surface area contributed by atoms with Crippen LogP contribution in [-0.2, 0) is 4.74 Å². The third-order valence-electron chi connectivity index (χ3n) is 1.75. The van der Waals surface area contributed by atoms with Crippen LogP contribution in [-0.4, -0.2) is 20.3 Å². The van der Waals surface area contributed by atoms with Crippen LogP contribution in [0.25, 0.3) is 0 Å². The summed E-state index contributed by atoms with van der Waals surface area (Å²) in [4.78, 5) is 11.3. The highest BCUT2D eigenvalue weighted by Gasteiger charge is 2.05. The summed E-state index contributed by atoms with van der Waals surface area (Å²) in [7, 11) is 1.63. The van der Waals surface area contributed by atoms with E-state index in [-0.39, 0.29) is 5.43 Å². The van der Waals surface area contributed by atoms with Gasteiger partial charge in [-0.25, -0.2) is 0 Å². The summed E-state index contributed by atoms with van der Waals surface area (Å²) in [6, 6.07) is 1.35. The summed E-state index contributed by atoms with van der Waals surface area (Å²) in [6.45, 7) is 2.79. The Hall–Kier alpha value is -1.29. The predicted molar refractivity (Wildman–Crippen MR) is 51.7 cm³/mol. The van der Waals surface area contributed by atoms with Crippen LogP contribution in [0.2, 0.25) is 0 Å². The molecule has 4 nitrogen and oxygen atoms in total. The maximum atomic E-state index is 11.3. The van der Waals surface area contributed by atoms with E-state index in [1.165, 1.54) is 12.3 Å². The van der Waals surface area contributed by atoms with Crippen LogP contribution in [0.1, 0.15) is 12.2 Å². The van der Waals surface area contributed by atoms with Gasteiger partial charge < -0.3 is 13.9 Å². The Morgan fingerprint density at radius 2 is 2.21 bits per heavy atom. The zero-order chi connectivity index (χ0) is 10.4. The van der Waals surface area contributed by atoms with E-state index in [4.69, 9.17) is 13.9 Å². The average Bonchev–Trinajstić information content (AvgIpc) is 2.16. The first-order chi connectivity index (χ1) is 6.75. The highest BCUT2D eigenvalue weighted by molar-refractivity contribution is 5.22. The summed E-state index contributed by atoms with van der Waals surface area (Å²) in [6.07, 6.45) is 2.12. The van der Waals surface area contributed by atoms with E-state index in [1.54, 1.807) is 14.0 Å². The number of hydrogen-bond donors (Lipinski definition) is 0. The smallest absolute Gasteiger partial charge is 0.226 e. The van der Waals surface area contributed by atoms with Crippen molar-refractivity contribution < 1.29 is 13.9 Å². The van der Waals surface area contributed by atoms with Crippen molar-refractivity contribution in [2.45, 2.75) is 13.3 Å². The molecule has 0 radical (unpaired) electrons. The van der Waals surface area contributed by atoms with Gasteiger partial charge in [0.1, 0.15) is 5.76 Å².